The molecule has 2 rings (SSSR count). The molecule has 0 amide bonds. The Morgan fingerprint density at radius 3 is 2.35 bits per heavy atom. The molecular formula is C14H12Cl2F2N2. The molecule has 0 radical (unpaired) electrons. The van der Waals surface area contributed by atoms with Gasteiger partial charge < -0.3 is 0 Å². The second-order valence-corrected chi connectivity index (χ2v) is 5.16. The summed E-state index contributed by atoms with van der Waals surface area (Å²) < 4.78 is 26.5. The van der Waals surface area contributed by atoms with Crippen molar-refractivity contribution in [2.75, 3.05) is 0 Å². The molecule has 3 N–H and O–H groups in total. The average molecular weight is 317 g/mol. The van der Waals surface area contributed by atoms with E-state index in [1.54, 1.807) is 12.1 Å². The van der Waals surface area contributed by atoms with Crippen LogP contribution in [0.5, 0.6) is 0 Å². The fourth-order valence-electron chi connectivity index (χ4n) is 1.90. The van der Waals surface area contributed by atoms with Crippen LogP contribution in [0.15, 0.2) is 36.4 Å². The molecular weight excluding hydrogens is 305 g/mol. The lowest BCUT2D eigenvalue weighted by Gasteiger charge is -2.17. The van der Waals surface area contributed by atoms with Crippen LogP contribution in [0.3, 0.4) is 0 Å². The minimum Gasteiger partial charge on any atom is -0.271 e. The minimum absolute atomic E-state index is 0.0186. The number of hydrazine groups is 1. The first-order valence-electron chi connectivity index (χ1n) is 5.86. The molecule has 6 heteroatoms. The molecule has 106 valence electrons. The van der Waals surface area contributed by atoms with Gasteiger partial charge in [-0.25, -0.2) is 8.78 Å². The fraction of sp³-hybridized carbons (Fsp3) is 0.143. The number of rotatable bonds is 4. The summed E-state index contributed by atoms with van der Waals surface area (Å²) >= 11 is 11.4. The van der Waals surface area contributed by atoms with Crippen LogP contribution in [0.2, 0.25) is 10.0 Å². The molecule has 2 aromatic carbocycles. The van der Waals surface area contributed by atoms with Crippen LogP contribution >= 0.6 is 23.2 Å². The van der Waals surface area contributed by atoms with E-state index in [0.29, 0.717) is 12.0 Å². The van der Waals surface area contributed by atoms with Gasteiger partial charge in [0.1, 0.15) is 11.6 Å². The fourth-order valence-corrected chi connectivity index (χ4v) is 2.21. The van der Waals surface area contributed by atoms with Gasteiger partial charge in [0.05, 0.1) is 16.1 Å². The summed E-state index contributed by atoms with van der Waals surface area (Å²) in [7, 11) is 0. The zero-order chi connectivity index (χ0) is 14.7. The van der Waals surface area contributed by atoms with E-state index in [9.17, 15) is 8.78 Å². The highest BCUT2D eigenvalue weighted by Crippen LogP contribution is 2.24. The maximum Gasteiger partial charge on any atom is 0.142 e. The molecule has 1 unspecified atom stereocenters. The lowest BCUT2D eigenvalue weighted by molar-refractivity contribution is 0.546. The van der Waals surface area contributed by atoms with E-state index in [-0.39, 0.29) is 16.1 Å². The van der Waals surface area contributed by atoms with E-state index in [4.69, 9.17) is 29.0 Å². The third-order valence-corrected chi connectivity index (χ3v) is 3.57. The van der Waals surface area contributed by atoms with Gasteiger partial charge in [0.25, 0.3) is 0 Å². The third-order valence-electron chi connectivity index (χ3n) is 2.97. The molecule has 0 heterocycles. The first-order chi connectivity index (χ1) is 9.51. The number of hydrogen-bond acceptors (Lipinski definition) is 2. The third kappa shape index (κ3) is 3.46. The normalized spacial score (nSPS) is 12.4. The summed E-state index contributed by atoms with van der Waals surface area (Å²) in [6, 6.07) is 8.57. The Labute approximate surface area is 125 Å². The second-order valence-electron chi connectivity index (χ2n) is 4.35. The summed E-state index contributed by atoms with van der Waals surface area (Å²) in [5.74, 6) is 4.52. The van der Waals surface area contributed by atoms with Crippen molar-refractivity contribution in [3.63, 3.8) is 0 Å². The highest BCUT2D eigenvalue weighted by atomic mass is 35.5. The van der Waals surface area contributed by atoms with E-state index in [1.807, 2.05) is 0 Å². The van der Waals surface area contributed by atoms with Crippen molar-refractivity contribution in [3.8, 4) is 0 Å². The van der Waals surface area contributed by atoms with Gasteiger partial charge in [0, 0.05) is 0 Å². The SMILES string of the molecule is NNC(Cc1ccc(Cl)c(F)c1)c1ccc(F)c(Cl)c1. The van der Waals surface area contributed by atoms with Crippen LogP contribution in [0, 0.1) is 11.6 Å². The molecule has 2 aromatic rings. The summed E-state index contributed by atoms with van der Waals surface area (Å²) in [5, 5.41) is 0.0841. The molecule has 0 fully saturated rings. The van der Waals surface area contributed by atoms with Gasteiger partial charge in [0.15, 0.2) is 0 Å². The highest BCUT2D eigenvalue weighted by molar-refractivity contribution is 6.31. The zero-order valence-electron chi connectivity index (χ0n) is 10.3. The van der Waals surface area contributed by atoms with E-state index >= 15 is 0 Å². The van der Waals surface area contributed by atoms with E-state index in [0.717, 1.165) is 5.56 Å². The number of nitrogens with one attached hydrogen (secondary N) is 1. The maximum absolute atomic E-state index is 13.4. The summed E-state index contributed by atoms with van der Waals surface area (Å²) in [6.07, 6.45) is 0.423. The van der Waals surface area contributed by atoms with Crippen LogP contribution in [0.1, 0.15) is 17.2 Å². The van der Waals surface area contributed by atoms with Crippen LogP contribution < -0.4 is 11.3 Å². The van der Waals surface area contributed by atoms with Crippen molar-refractivity contribution in [1.29, 1.82) is 0 Å². The molecule has 0 aliphatic carbocycles. The molecule has 0 spiro atoms. The molecule has 0 saturated carbocycles. The van der Waals surface area contributed by atoms with Crippen molar-refractivity contribution in [3.05, 3.63) is 69.2 Å². The highest BCUT2D eigenvalue weighted by Gasteiger charge is 2.13. The van der Waals surface area contributed by atoms with Gasteiger partial charge in [-0.15, -0.1) is 0 Å². The molecule has 2 nitrogen and oxygen atoms in total. The number of hydrogen-bond donors (Lipinski definition) is 2. The Kier molecular flexibility index (Phi) is 4.94. The predicted molar refractivity (Wildman–Crippen MR) is 76.6 cm³/mol. The number of nitrogens with two attached hydrogens (primary N) is 1. The van der Waals surface area contributed by atoms with E-state index in [1.165, 1.54) is 24.3 Å². The summed E-state index contributed by atoms with van der Waals surface area (Å²) in [6.45, 7) is 0. The lowest BCUT2D eigenvalue weighted by Crippen LogP contribution is -2.29. The monoisotopic (exact) mass is 316 g/mol. The number of halogens is 4. The molecule has 0 aliphatic heterocycles. The first kappa shape index (κ1) is 15.2. The van der Waals surface area contributed by atoms with Gasteiger partial charge >= 0.3 is 0 Å². The number of benzene rings is 2. The quantitative estimate of drug-likeness (QED) is 0.660. The Hall–Kier alpha value is -1.20. The van der Waals surface area contributed by atoms with Gasteiger partial charge in [0.2, 0.25) is 0 Å². The van der Waals surface area contributed by atoms with Crippen LogP contribution in [-0.2, 0) is 6.42 Å². The van der Waals surface area contributed by atoms with Gasteiger partial charge in [-0.1, -0.05) is 35.3 Å². The molecule has 0 saturated heterocycles. The van der Waals surface area contributed by atoms with Crippen molar-refractivity contribution < 1.29 is 8.78 Å². The topological polar surface area (TPSA) is 38.0 Å². The van der Waals surface area contributed by atoms with E-state index < -0.39 is 11.6 Å². The minimum atomic E-state index is -0.497. The summed E-state index contributed by atoms with van der Waals surface area (Å²) in [5.41, 5.74) is 4.05. The molecule has 1 atom stereocenters. The molecule has 0 bridgehead atoms. The van der Waals surface area contributed by atoms with Crippen molar-refractivity contribution in [2.24, 2.45) is 5.84 Å². The lowest BCUT2D eigenvalue weighted by atomic mass is 9.99. The van der Waals surface area contributed by atoms with Crippen molar-refractivity contribution in [2.45, 2.75) is 12.5 Å². The van der Waals surface area contributed by atoms with Gasteiger partial charge in [-0.2, -0.15) is 0 Å². The van der Waals surface area contributed by atoms with E-state index in [2.05, 4.69) is 5.43 Å². The van der Waals surface area contributed by atoms with Crippen molar-refractivity contribution in [1.82, 2.24) is 5.43 Å². The Morgan fingerprint density at radius 1 is 1.00 bits per heavy atom. The standard InChI is InChI=1S/C14H12Cl2F2N2/c15-10-3-1-8(5-13(10)18)6-14(20-19)9-2-4-12(17)11(16)7-9/h1-5,7,14,20H,6,19H2. The van der Waals surface area contributed by atoms with Crippen molar-refractivity contribution >= 4 is 23.2 Å². The predicted octanol–water partition coefficient (Wildman–Crippen LogP) is 4.02. The molecule has 0 aliphatic rings. The zero-order valence-corrected chi connectivity index (χ0v) is 11.8. The Bertz CT molecular complexity index is 620. The smallest absolute Gasteiger partial charge is 0.142 e. The van der Waals surface area contributed by atoms with Crippen LogP contribution in [-0.4, -0.2) is 0 Å². The molecule has 20 heavy (non-hydrogen) atoms. The Morgan fingerprint density at radius 2 is 1.75 bits per heavy atom. The second kappa shape index (κ2) is 6.50. The van der Waals surface area contributed by atoms with Gasteiger partial charge in [-0.3, -0.25) is 11.3 Å². The largest absolute Gasteiger partial charge is 0.271 e. The maximum atomic E-state index is 13.4. The Balaban J connectivity index is 2.23. The van der Waals surface area contributed by atoms with Gasteiger partial charge in [-0.05, 0) is 41.8 Å². The average Bonchev–Trinajstić information content (AvgIpc) is 2.43. The molecule has 0 aromatic heterocycles. The van der Waals surface area contributed by atoms with Crippen LogP contribution in [0.25, 0.3) is 0 Å². The summed E-state index contributed by atoms with van der Waals surface area (Å²) in [4.78, 5) is 0. The first-order valence-corrected chi connectivity index (χ1v) is 6.62. The van der Waals surface area contributed by atoms with Crippen LogP contribution in [0.4, 0.5) is 8.78 Å².